The van der Waals surface area contributed by atoms with Crippen LogP contribution < -0.4 is 4.74 Å². The number of carbonyl (C=O) groups excluding carboxylic acids is 1. The van der Waals surface area contributed by atoms with E-state index in [2.05, 4.69) is 71.0 Å². The van der Waals surface area contributed by atoms with Gasteiger partial charge in [0.05, 0.1) is 20.8 Å². The van der Waals surface area contributed by atoms with E-state index in [1.165, 1.54) is 7.11 Å². The van der Waals surface area contributed by atoms with Gasteiger partial charge in [-0.25, -0.2) is 4.79 Å². The van der Waals surface area contributed by atoms with E-state index < -0.39 is 14.4 Å². The molecule has 4 aromatic rings. The number of nitrogens with zero attached hydrogens (tertiary/aromatic N) is 3. The highest BCUT2D eigenvalue weighted by Crippen LogP contribution is 2.42. The van der Waals surface area contributed by atoms with Gasteiger partial charge in [-0.05, 0) is 85.8 Å². The fourth-order valence-corrected chi connectivity index (χ4v) is 6.82. The first-order valence-corrected chi connectivity index (χ1v) is 18.8. The third kappa shape index (κ3) is 6.87. The minimum Gasteiger partial charge on any atom is -0.497 e. The molecule has 0 saturated carbocycles. The van der Waals surface area contributed by atoms with Crippen molar-refractivity contribution < 1.29 is 23.4 Å². The van der Waals surface area contributed by atoms with E-state index in [0.29, 0.717) is 25.5 Å². The Morgan fingerprint density at radius 3 is 2.30 bits per heavy atom. The standard InChI is InChI=1S/C37H51N3O5Si/c1-13-30(44-23-27-16-18-28(42-9)19-17-27)34-33(26(4)39(8)38-34)31-24(2)15-20-29-32(31)25(3)35(36(41)43-10)40(29)21-14-22-45-46(11,12)37(5,6)7/h13,15-20,30H,1,14,21-23H2,2-12H3. The number of rotatable bonds is 13. The number of aryl methyl sites for hydroxylation is 4. The normalized spacial score (nSPS) is 12.8. The van der Waals surface area contributed by atoms with E-state index in [4.69, 9.17) is 23.7 Å². The van der Waals surface area contributed by atoms with E-state index in [9.17, 15) is 4.79 Å². The number of ether oxygens (including phenoxy) is 3. The monoisotopic (exact) mass is 645 g/mol. The van der Waals surface area contributed by atoms with Crippen LogP contribution in [0.1, 0.15) is 71.9 Å². The zero-order chi connectivity index (χ0) is 34.0. The molecule has 0 saturated heterocycles. The lowest BCUT2D eigenvalue weighted by atomic mass is 9.91. The first-order chi connectivity index (χ1) is 21.7. The Morgan fingerprint density at radius 2 is 1.72 bits per heavy atom. The van der Waals surface area contributed by atoms with E-state index in [1.54, 1.807) is 13.2 Å². The molecule has 2 aromatic heterocycles. The van der Waals surface area contributed by atoms with Crippen LogP contribution in [0, 0.1) is 20.8 Å². The summed E-state index contributed by atoms with van der Waals surface area (Å²) in [7, 11) is 3.15. The van der Waals surface area contributed by atoms with Gasteiger partial charge in [-0.15, -0.1) is 6.58 Å². The van der Waals surface area contributed by atoms with Gasteiger partial charge >= 0.3 is 5.97 Å². The Hall–Kier alpha value is -3.66. The molecule has 4 rings (SSSR count). The first kappa shape index (κ1) is 35.2. The molecule has 0 aliphatic carbocycles. The molecule has 0 N–H and O–H groups in total. The zero-order valence-electron chi connectivity index (χ0n) is 29.5. The van der Waals surface area contributed by atoms with Gasteiger partial charge in [0.1, 0.15) is 23.2 Å². The van der Waals surface area contributed by atoms with E-state index in [-0.39, 0.29) is 11.0 Å². The number of esters is 1. The van der Waals surface area contributed by atoms with Crippen molar-refractivity contribution in [2.24, 2.45) is 7.05 Å². The topological polar surface area (TPSA) is 76.7 Å². The lowest BCUT2D eigenvalue weighted by Crippen LogP contribution is -2.41. The molecular weight excluding hydrogens is 595 g/mol. The summed E-state index contributed by atoms with van der Waals surface area (Å²) in [5, 5.41) is 6.10. The molecule has 248 valence electrons. The van der Waals surface area contributed by atoms with Crippen LogP contribution in [0.4, 0.5) is 0 Å². The fourth-order valence-electron chi connectivity index (χ4n) is 5.73. The summed E-state index contributed by atoms with van der Waals surface area (Å²) in [5.74, 6) is 0.449. The lowest BCUT2D eigenvalue weighted by Gasteiger charge is -2.36. The average molecular weight is 646 g/mol. The summed E-state index contributed by atoms with van der Waals surface area (Å²) in [5.41, 5.74) is 8.35. The molecule has 0 amide bonds. The lowest BCUT2D eigenvalue weighted by molar-refractivity contribution is 0.0587. The molecule has 9 heteroatoms. The highest BCUT2D eigenvalue weighted by Gasteiger charge is 2.37. The van der Waals surface area contributed by atoms with Crippen molar-refractivity contribution in [1.82, 2.24) is 14.3 Å². The van der Waals surface area contributed by atoms with Crippen molar-refractivity contribution in [3.63, 3.8) is 0 Å². The Kier molecular flexibility index (Phi) is 10.7. The Morgan fingerprint density at radius 1 is 1.04 bits per heavy atom. The Labute approximate surface area is 275 Å². The Bertz CT molecular complexity index is 1710. The molecule has 1 unspecified atom stereocenters. The molecule has 0 radical (unpaired) electrons. The number of carbonyl (C=O) groups is 1. The molecule has 0 aliphatic rings. The maximum Gasteiger partial charge on any atom is 0.354 e. The first-order valence-electron chi connectivity index (χ1n) is 15.9. The molecule has 2 aromatic carbocycles. The molecule has 0 fully saturated rings. The Balaban J connectivity index is 1.79. The quantitative estimate of drug-likeness (QED) is 0.0627. The number of hydrogen-bond acceptors (Lipinski definition) is 6. The smallest absolute Gasteiger partial charge is 0.354 e. The zero-order valence-corrected chi connectivity index (χ0v) is 30.5. The molecular formula is C37H51N3O5Si. The molecule has 0 spiro atoms. The van der Waals surface area contributed by atoms with Crippen molar-refractivity contribution in [2.45, 2.75) is 85.4 Å². The largest absolute Gasteiger partial charge is 0.497 e. The molecule has 8 nitrogen and oxygen atoms in total. The van der Waals surface area contributed by atoms with Gasteiger partial charge < -0.3 is 23.2 Å². The van der Waals surface area contributed by atoms with Crippen molar-refractivity contribution in [3.05, 3.63) is 82.8 Å². The van der Waals surface area contributed by atoms with Gasteiger partial charge in [0.15, 0.2) is 8.32 Å². The van der Waals surface area contributed by atoms with Crippen LogP contribution in [0.2, 0.25) is 18.1 Å². The highest BCUT2D eigenvalue weighted by molar-refractivity contribution is 6.74. The predicted molar refractivity (Wildman–Crippen MR) is 188 cm³/mol. The molecule has 1 atom stereocenters. The number of hydrogen-bond donors (Lipinski definition) is 0. The van der Waals surface area contributed by atoms with Crippen LogP contribution in [0.5, 0.6) is 5.75 Å². The summed E-state index contributed by atoms with van der Waals surface area (Å²) in [4.78, 5) is 13.3. The van der Waals surface area contributed by atoms with Gasteiger partial charge in [0.2, 0.25) is 0 Å². The van der Waals surface area contributed by atoms with Crippen molar-refractivity contribution in [3.8, 4) is 16.9 Å². The summed E-state index contributed by atoms with van der Waals surface area (Å²) in [6.45, 7) is 23.2. The average Bonchev–Trinajstić information content (AvgIpc) is 3.46. The SMILES string of the molecule is C=CC(OCc1ccc(OC)cc1)c1nn(C)c(C)c1-c1c(C)ccc2c1c(C)c(C(=O)OC)n2CCCO[Si](C)(C)C(C)(C)C. The van der Waals surface area contributed by atoms with Crippen LogP contribution >= 0.6 is 0 Å². The van der Waals surface area contributed by atoms with E-state index in [1.807, 2.05) is 42.9 Å². The minimum absolute atomic E-state index is 0.133. The molecule has 0 aliphatic heterocycles. The van der Waals surface area contributed by atoms with Crippen LogP contribution in [0.3, 0.4) is 0 Å². The second-order valence-corrected chi connectivity index (χ2v) is 18.3. The third-order valence-electron chi connectivity index (χ3n) is 9.54. The van der Waals surface area contributed by atoms with Crippen LogP contribution in [-0.4, -0.2) is 49.5 Å². The van der Waals surface area contributed by atoms with E-state index in [0.717, 1.165) is 62.3 Å². The maximum absolute atomic E-state index is 13.3. The number of fused-ring (bicyclic) bond motifs is 1. The highest BCUT2D eigenvalue weighted by atomic mass is 28.4. The second kappa shape index (κ2) is 14.0. The van der Waals surface area contributed by atoms with Crippen LogP contribution in [-0.2, 0) is 34.1 Å². The van der Waals surface area contributed by atoms with Crippen LogP contribution in [0.15, 0.2) is 49.1 Å². The number of methoxy groups -OCH3 is 2. The molecule has 46 heavy (non-hydrogen) atoms. The maximum atomic E-state index is 13.3. The second-order valence-electron chi connectivity index (χ2n) is 13.5. The van der Waals surface area contributed by atoms with Gasteiger partial charge in [0, 0.05) is 42.4 Å². The van der Waals surface area contributed by atoms with Gasteiger partial charge in [0.25, 0.3) is 0 Å². The summed E-state index contributed by atoms with van der Waals surface area (Å²) >= 11 is 0. The molecule has 0 bridgehead atoms. The van der Waals surface area contributed by atoms with Crippen molar-refractivity contribution in [1.29, 1.82) is 0 Å². The van der Waals surface area contributed by atoms with Gasteiger partial charge in [-0.2, -0.15) is 5.10 Å². The van der Waals surface area contributed by atoms with E-state index >= 15 is 0 Å². The van der Waals surface area contributed by atoms with Crippen molar-refractivity contribution >= 4 is 25.2 Å². The number of benzene rings is 2. The number of aromatic nitrogens is 3. The summed E-state index contributed by atoms with van der Waals surface area (Å²) in [6, 6.07) is 12.1. The summed E-state index contributed by atoms with van der Waals surface area (Å²) in [6.07, 6.45) is 2.11. The summed E-state index contributed by atoms with van der Waals surface area (Å²) < 4.78 is 27.5. The van der Waals surface area contributed by atoms with Crippen molar-refractivity contribution in [2.75, 3.05) is 20.8 Å². The van der Waals surface area contributed by atoms with Gasteiger partial charge in [-0.3, -0.25) is 4.68 Å². The molecule has 2 heterocycles. The third-order valence-corrected chi connectivity index (χ3v) is 14.1. The fraction of sp³-hybridized carbons (Fsp3) is 0.459. The van der Waals surface area contributed by atoms with Crippen LogP contribution in [0.25, 0.3) is 22.0 Å². The predicted octanol–water partition coefficient (Wildman–Crippen LogP) is 8.62. The minimum atomic E-state index is -1.89. The van der Waals surface area contributed by atoms with Gasteiger partial charge in [-0.1, -0.05) is 45.0 Å².